The van der Waals surface area contributed by atoms with Crippen LogP contribution in [0.15, 0.2) is 6.07 Å². The van der Waals surface area contributed by atoms with Crippen molar-refractivity contribution in [3.05, 3.63) is 20.8 Å². The molecule has 0 bridgehead atoms. The molecular formula is C10H11IO4. The Labute approximate surface area is 101 Å². The summed E-state index contributed by atoms with van der Waals surface area (Å²) in [5, 5.41) is 9.06. The minimum Gasteiger partial charge on any atom is -0.496 e. The van der Waals surface area contributed by atoms with Crippen molar-refractivity contribution in [3.8, 4) is 11.5 Å². The molecule has 1 aromatic rings. The lowest BCUT2D eigenvalue weighted by molar-refractivity contribution is 0.0689. The third-order valence-electron chi connectivity index (χ3n) is 2.00. The maximum atomic E-state index is 11.1. The number of rotatable bonds is 3. The number of carboxylic acids is 1. The highest BCUT2D eigenvalue weighted by Crippen LogP contribution is 2.35. The first-order valence-electron chi connectivity index (χ1n) is 4.17. The molecule has 1 aromatic carbocycles. The number of halogens is 1. The van der Waals surface area contributed by atoms with Gasteiger partial charge in [0.2, 0.25) is 0 Å². The van der Waals surface area contributed by atoms with Gasteiger partial charge in [-0.05, 0) is 41.1 Å². The third kappa shape index (κ3) is 2.17. The summed E-state index contributed by atoms with van der Waals surface area (Å²) in [6.07, 6.45) is 0. The molecule has 0 heterocycles. The number of aromatic carboxylic acids is 1. The number of aryl methyl sites for hydroxylation is 1. The zero-order valence-electron chi connectivity index (χ0n) is 8.63. The molecule has 82 valence electrons. The Kier molecular flexibility index (Phi) is 3.78. The Hall–Kier alpha value is -0.980. The van der Waals surface area contributed by atoms with Gasteiger partial charge in [0.25, 0.3) is 0 Å². The van der Waals surface area contributed by atoms with Gasteiger partial charge in [-0.1, -0.05) is 0 Å². The molecule has 0 aliphatic rings. The predicted octanol–water partition coefficient (Wildman–Crippen LogP) is 2.32. The SMILES string of the molecule is COc1cc(C)c(I)c(OC)c1C(=O)O. The molecule has 0 saturated carbocycles. The summed E-state index contributed by atoms with van der Waals surface area (Å²) < 4.78 is 10.9. The lowest BCUT2D eigenvalue weighted by atomic mass is 10.1. The average molecular weight is 322 g/mol. The van der Waals surface area contributed by atoms with Crippen molar-refractivity contribution < 1.29 is 19.4 Å². The van der Waals surface area contributed by atoms with Crippen LogP contribution in [0, 0.1) is 10.5 Å². The van der Waals surface area contributed by atoms with E-state index in [0.29, 0.717) is 11.5 Å². The first-order valence-corrected chi connectivity index (χ1v) is 5.25. The Balaban J connectivity index is 3.56. The first-order chi connectivity index (χ1) is 7.02. The maximum absolute atomic E-state index is 11.1. The van der Waals surface area contributed by atoms with E-state index in [-0.39, 0.29) is 5.56 Å². The second kappa shape index (κ2) is 4.69. The van der Waals surface area contributed by atoms with E-state index in [2.05, 4.69) is 22.6 Å². The minimum atomic E-state index is -1.05. The Morgan fingerprint density at radius 3 is 2.40 bits per heavy atom. The van der Waals surface area contributed by atoms with Crippen LogP contribution in [0.3, 0.4) is 0 Å². The van der Waals surface area contributed by atoms with E-state index < -0.39 is 5.97 Å². The van der Waals surface area contributed by atoms with Crippen LogP contribution < -0.4 is 9.47 Å². The quantitative estimate of drug-likeness (QED) is 0.868. The van der Waals surface area contributed by atoms with E-state index >= 15 is 0 Å². The van der Waals surface area contributed by atoms with Gasteiger partial charge in [0.1, 0.15) is 11.3 Å². The molecule has 0 aliphatic carbocycles. The number of carbonyl (C=O) groups is 1. The third-order valence-corrected chi connectivity index (χ3v) is 3.35. The van der Waals surface area contributed by atoms with Crippen LogP contribution >= 0.6 is 22.6 Å². The van der Waals surface area contributed by atoms with Gasteiger partial charge in [0.15, 0.2) is 5.75 Å². The molecule has 4 nitrogen and oxygen atoms in total. The summed E-state index contributed by atoms with van der Waals surface area (Å²) in [4.78, 5) is 11.1. The summed E-state index contributed by atoms with van der Waals surface area (Å²) in [5.74, 6) is -0.390. The topological polar surface area (TPSA) is 55.8 Å². The van der Waals surface area contributed by atoms with Gasteiger partial charge in [0, 0.05) is 0 Å². The van der Waals surface area contributed by atoms with Crippen molar-refractivity contribution in [2.24, 2.45) is 0 Å². The van der Waals surface area contributed by atoms with Gasteiger partial charge in [-0.3, -0.25) is 0 Å². The molecule has 0 aliphatic heterocycles. The van der Waals surface area contributed by atoms with E-state index in [1.807, 2.05) is 6.92 Å². The minimum absolute atomic E-state index is 0.0648. The smallest absolute Gasteiger partial charge is 0.343 e. The molecule has 0 atom stereocenters. The predicted molar refractivity (Wildman–Crippen MR) is 64.0 cm³/mol. The first kappa shape index (κ1) is 12.1. The number of methoxy groups -OCH3 is 2. The summed E-state index contributed by atoms with van der Waals surface area (Å²) in [6, 6.07) is 1.69. The van der Waals surface area contributed by atoms with Crippen molar-refractivity contribution >= 4 is 28.6 Å². The number of carboxylic acid groups (broad SMARTS) is 1. The van der Waals surface area contributed by atoms with Crippen LogP contribution in [-0.2, 0) is 0 Å². The van der Waals surface area contributed by atoms with Gasteiger partial charge in [-0.15, -0.1) is 0 Å². The van der Waals surface area contributed by atoms with Gasteiger partial charge < -0.3 is 14.6 Å². The van der Waals surface area contributed by atoms with Crippen LogP contribution in [0.5, 0.6) is 11.5 Å². The van der Waals surface area contributed by atoms with Crippen molar-refractivity contribution in [2.75, 3.05) is 14.2 Å². The second-order valence-electron chi connectivity index (χ2n) is 2.92. The van der Waals surface area contributed by atoms with E-state index in [0.717, 1.165) is 9.13 Å². The molecule has 15 heavy (non-hydrogen) atoms. The van der Waals surface area contributed by atoms with Crippen LogP contribution in [0.25, 0.3) is 0 Å². The maximum Gasteiger partial charge on any atom is 0.343 e. The Morgan fingerprint density at radius 1 is 1.40 bits per heavy atom. The molecule has 0 saturated heterocycles. The fourth-order valence-electron chi connectivity index (χ4n) is 1.29. The van der Waals surface area contributed by atoms with Crippen LogP contribution in [0.2, 0.25) is 0 Å². The highest BCUT2D eigenvalue weighted by molar-refractivity contribution is 14.1. The lowest BCUT2D eigenvalue weighted by Crippen LogP contribution is -2.06. The normalized spacial score (nSPS) is 9.87. The summed E-state index contributed by atoms with van der Waals surface area (Å²) in [7, 11) is 2.89. The summed E-state index contributed by atoms with van der Waals surface area (Å²) in [5.41, 5.74) is 0.990. The largest absolute Gasteiger partial charge is 0.496 e. The van der Waals surface area contributed by atoms with Crippen molar-refractivity contribution in [1.29, 1.82) is 0 Å². The lowest BCUT2D eigenvalue weighted by Gasteiger charge is -2.13. The van der Waals surface area contributed by atoms with Crippen molar-refractivity contribution in [2.45, 2.75) is 6.92 Å². The van der Waals surface area contributed by atoms with E-state index in [1.165, 1.54) is 14.2 Å². The molecule has 1 N–H and O–H groups in total. The van der Waals surface area contributed by atoms with Crippen LogP contribution in [0.1, 0.15) is 15.9 Å². The summed E-state index contributed by atoms with van der Waals surface area (Å²) in [6.45, 7) is 1.87. The number of benzene rings is 1. The van der Waals surface area contributed by atoms with Gasteiger partial charge in [0.05, 0.1) is 17.8 Å². The highest BCUT2D eigenvalue weighted by Gasteiger charge is 2.21. The summed E-state index contributed by atoms with van der Waals surface area (Å²) >= 11 is 2.05. The van der Waals surface area contributed by atoms with Gasteiger partial charge in [-0.25, -0.2) is 4.79 Å². The molecule has 0 unspecified atom stereocenters. The van der Waals surface area contributed by atoms with Crippen LogP contribution in [0.4, 0.5) is 0 Å². The molecule has 5 heteroatoms. The number of ether oxygens (including phenoxy) is 2. The number of hydrogen-bond acceptors (Lipinski definition) is 3. The molecule has 0 spiro atoms. The fraction of sp³-hybridized carbons (Fsp3) is 0.300. The van der Waals surface area contributed by atoms with Crippen LogP contribution in [-0.4, -0.2) is 25.3 Å². The van der Waals surface area contributed by atoms with E-state index in [4.69, 9.17) is 14.6 Å². The molecule has 1 rings (SSSR count). The second-order valence-corrected chi connectivity index (χ2v) is 4.00. The van der Waals surface area contributed by atoms with E-state index in [9.17, 15) is 4.79 Å². The molecule has 0 amide bonds. The van der Waals surface area contributed by atoms with Gasteiger partial charge in [-0.2, -0.15) is 0 Å². The standard InChI is InChI=1S/C10H11IO4/c1-5-4-6(14-2)7(10(12)13)9(15-3)8(5)11/h4H,1-3H3,(H,12,13). The average Bonchev–Trinajstić information content (AvgIpc) is 2.20. The Bertz CT molecular complexity index is 401. The Morgan fingerprint density at radius 2 is 2.00 bits per heavy atom. The fourth-order valence-corrected chi connectivity index (χ4v) is 1.93. The number of hydrogen-bond donors (Lipinski definition) is 1. The molecular weight excluding hydrogens is 311 g/mol. The van der Waals surface area contributed by atoms with Crippen molar-refractivity contribution in [1.82, 2.24) is 0 Å². The highest BCUT2D eigenvalue weighted by atomic mass is 127. The zero-order valence-corrected chi connectivity index (χ0v) is 10.8. The molecule has 0 aromatic heterocycles. The molecule has 0 fully saturated rings. The van der Waals surface area contributed by atoms with Crippen molar-refractivity contribution in [3.63, 3.8) is 0 Å². The molecule has 0 radical (unpaired) electrons. The monoisotopic (exact) mass is 322 g/mol. The van der Waals surface area contributed by atoms with Gasteiger partial charge >= 0.3 is 5.97 Å². The van der Waals surface area contributed by atoms with E-state index in [1.54, 1.807) is 6.07 Å². The zero-order chi connectivity index (χ0) is 11.6.